The molecular formula is C14H24N4. The average Bonchev–Trinajstić information content (AvgIpc) is 2.92. The van der Waals surface area contributed by atoms with Crippen LogP contribution in [0.1, 0.15) is 68.8 Å². The molecule has 2 N–H and O–H groups in total. The molecule has 0 saturated heterocycles. The first kappa shape index (κ1) is 12.2. The highest BCUT2D eigenvalue weighted by molar-refractivity contribution is 5.18. The van der Waals surface area contributed by atoms with Crippen molar-refractivity contribution in [3.63, 3.8) is 0 Å². The molecule has 4 nitrogen and oxygen atoms in total. The van der Waals surface area contributed by atoms with Crippen molar-refractivity contribution in [3.05, 3.63) is 11.4 Å². The molecule has 0 radical (unpaired) electrons. The zero-order valence-corrected chi connectivity index (χ0v) is 11.3. The van der Waals surface area contributed by atoms with Crippen molar-refractivity contribution in [2.24, 2.45) is 11.7 Å². The quantitative estimate of drug-likeness (QED) is 0.870. The Kier molecular flexibility index (Phi) is 3.37. The first-order valence-electron chi connectivity index (χ1n) is 7.45. The first-order chi connectivity index (χ1) is 8.81. The van der Waals surface area contributed by atoms with Gasteiger partial charge in [0.1, 0.15) is 0 Å². The third-order valence-electron chi connectivity index (χ3n) is 4.62. The van der Waals surface area contributed by atoms with Gasteiger partial charge in [-0.15, -0.1) is 5.10 Å². The lowest BCUT2D eigenvalue weighted by molar-refractivity contribution is 0.404. The van der Waals surface area contributed by atoms with Crippen LogP contribution in [0.4, 0.5) is 0 Å². The second-order valence-electron chi connectivity index (χ2n) is 5.96. The van der Waals surface area contributed by atoms with Gasteiger partial charge in [-0.2, -0.15) is 0 Å². The smallest absolute Gasteiger partial charge is 0.0874 e. The average molecular weight is 248 g/mol. The Balaban J connectivity index is 1.91. The van der Waals surface area contributed by atoms with Crippen molar-refractivity contribution in [3.8, 4) is 0 Å². The number of aromatic nitrogens is 3. The maximum atomic E-state index is 5.71. The zero-order valence-electron chi connectivity index (χ0n) is 11.3. The Morgan fingerprint density at radius 1 is 1.28 bits per heavy atom. The van der Waals surface area contributed by atoms with E-state index in [-0.39, 0.29) is 0 Å². The molecule has 2 aliphatic carbocycles. The van der Waals surface area contributed by atoms with Crippen molar-refractivity contribution in [1.29, 1.82) is 0 Å². The second-order valence-corrected chi connectivity index (χ2v) is 5.96. The topological polar surface area (TPSA) is 56.7 Å². The summed E-state index contributed by atoms with van der Waals surface area (Å²) in [6, 6.07) is 0.527. The van der Waals surface area contributed by atoms with Crippen LogP contribution in [0, 0.1) is 5.92 Å². The molecule has 1 aromatic rings. The maximum Gasteiger partial charge on any atom is 0.0874 e. The summed E-state index contributed by atoms with van der Waals surface area (Å²) in [5, 5.41) is 8.87. The van der Waals surface area contributed by atoms with Gasteiger partial charge in [-0.05, 0) is 45.1 Å². The lowest BCUT2D eigenvalue weighted by Crippen LogP contribution is -2.16. The van der Waals surface area contributed by atoms with E-state index in [1.165, 1.54) is 44.2 Å². The van der Waals surface area contributed by atoms with Crippen molar-refractivity contribution in [2.75, 3.05) is 6.54 Å². The predicted octanol–water partition coefficient (Wildman–Crippen LogP) is 2.41. The highest BCUT2D eigenvalue weighted by atomic mass is 15.4. The third-order valence-corrected chi connectivity index (χ3v) is 4.62. The van der Waals surface area contributed by atoms with E-state index in [0.717, 1.165) is 18.0 Å². The molecule has 4 heteroatoms. The van der Waals surface area contributed by atoms with Crippen molar-refractivity contribution in [1.82, 2.24) is 15.0 Å². The van der Waals surface area contributed by atoms with Gasteiger partial charge in [0.15, 0.2) is 0 Å². The molecular weight excluding hydrogens is 224 g/mol. The van der Waals surface area contributed by atoms with Crippen LogP contribution in [0.15, 0.2) is 0 Å². The molecule has 2 aliphatic rings. The van der Waals surface area contributed by atoms with Gasteiger partial charge < -0.3 is 5.73 Å². The van der Waals surface area contributed by atoms with Crippen LogP contribution in [-0.4, -0.2) is 21.5 Å². The van der Waals surface area contributed by atoms with E-state index in [9.17, 15) is 0 Å². The molecule has 1 atom stereocenters. The number of nitrogens with two attached hydrogens (primary N) is 1. The number of rotatable bonds is 5. The minimum atomic E-state index is 0.527. The number of hydrogen-bond acceptors (Lipinski definition) is 3. The van der Waals surface area contributed by atoms with E-state index in [0.29, 0.717) is 18.5 Å². The Labute approximate surface area is 109 Å². The molecule has 100 valence electrons. The van der Waals surface area contributed by atoms with Gasteiger partial charge in [0.05, 0.1) is 17.4 Å². The van der Waals surface area contributed by atoms with Gasteiger partial charge in [-0.3, -0.25) is 0 Å². The largest absolute Gasteiger partial charge is 0.330 e. The maximum absolute atomic E-state index is 5.71. The molecule has 0 bridgehead atoms. The van der Waals surface area contributed by atoms with E-state index in [1.54, 1.807) is 0 Å². The van der Waals surface area contributed by atoms with E-state index < -0.39 is 0 Å². The molecule has 0 aromatic carbocycles. The first-order valence-corrected chi connectivity index (χ1v) is 7.45. The van der Waals surface area contributed by atoms with Gasteiger partial charge in [0.2, 0.25) is 0 Å². The van der Waals surface area contributed by atoms with Crippen LogP contribution in [0.3, 0.4) is 0 Å². The number of hydrogen-bond donors (Lipinski definition) is 1. The summed E-state index contributed by atoms with van der Waals surface area (Å²) < 4.78 is 2.23. The van der Waals surface area contributed by atoms with Crippen LogP contribution in [0.25, 0.3) is 0 Å². The summed E-state index contributed by atoms with van der Waals surface area (Å²) in [4.78, 5) is 0. The number of nitrogens with zero attached hydrogens (tertiary/aromatic N) is 3. The Hall–Kier alpha value is -0.900. The van der Waals surface area contributed by atoms with Gasteiger partial charge in [0, 0.05) is 12.3 Å². The van der Waals surface area contributed by atoms with E-state index >= 15 is 0 Å². The fourth-order valence-electron chi connectivity index (χ4n) is 3.35. The molecule has 1 unspecified atom stereocenters. The summed E-state index contributed by atoms with van der Waals surface area (Å²) in [5.74, 6) is 1.51. The summed E-state index contributed by atoms with van der Waals surface area (Å²) in [6.07, 6.45) is 8.92. The molecule has 0 aliphatic heterocycles. The third kappa shape index (κ3) is 2.18. The second kappa shape index (κ2) is 5.00. The fourth-order valence-corrected chi connectivity index (χ4v) is 3.35. The molecule has 2 fully saturated rings. The van der Waals surface area contributed by atoms with Crippen LogP contribution in [-0.2, 0) is 6.42 Å². The Bertz CT molecular complexity index is 402. The monoisotopic (exact) mass is 248 g/mol. The molecule has 1 aromatic heterocycles. The van der Waals surface area contributed by atoms with E-state index in [4.69, 9.17) is 5.73 Å². The SMILES string of the molecule is CC(C1CC1)n1nnc(CCN)c1C1CCCC1. The summed E-state index contributed by atoms with van der Waals surface area (Å²) in [5.41, 5.74) is 8.29. The summed E-state index contributed by atoms with van der Waals surface area (Å²) in [7, 11) is 0. The van der Waals surface area contributed by atoms with Crippen LogP contribution < -0.4 is 5.73 Å². The van der Waals surface area contributed by atoms with Crippen LogP contribution in [0.2, 0.25) is 0 Å². The Morgan fingerprint density at radius 2 is 2.00 bits per heavy atom. The summed E-state index contributed by atoms with van der Waals surface area (Å²) in [6.45, 7) is 2.98. The lowest BCUT2D eigenvalue weighted by atomic mass is 9.99. The molecule has 0 spiro atoms. The van der Waals surface area contributed by atoms with E-state index in [2.05, 4.69) is 21.9 Å². The normalized spacial score (nSPS) is 22.6. The highest BCUT2D eigenvalue weighted by Crippen LogP contribution is 2.42. The van der Waals surface area contributed by atoms with Gasteiger partial charge >= 0.3 is 0 Å². The van der Waals surface area contributed by atoms with Crippen LogP contribution in [0.5, 0.6) is 0 Å². The van der Waals surface area contributed by atoms with Crippen molar-refractivity contribution < 1.29 is 0 Å². The predicted molar refractivity (Wildman–Crippen MR) is 71.4 cm³/mol. The minimum absolute atomic E-state index is 0.527. The molecule has 3 rings (SSSR count). The lowest BCUT2D eigenvalue weighted by Gasteiger charge is -2.18. The van der Waals surface area contributed by atoms with Crippen molar-refractivity contribution in [2.45, 2.75) is 63.8 Å². The van der Waals surface area contributed by atoms with Gasteiger partial charge in [0.25, 0.3) is 0 Å². The van der Waals surface area contributed by atoms with Gasteiger partial charge in [-0.25, -0.2) is 4.68 Å². The molecule has 2 saturated carbocycles. The fraction of sp³-hybridized carbons (Fsp3) is 0.857. The van der Waals surface area contributed by atoms with Crippen LogP contribution >= 0.6 is 0 Å². The molecule has 1 heterocycles. The molecule has 18 heavy (non-hydrogen) atoms. The Morgan fingerprint density at radius 3 is 2.61 bits per heavy atom. The molecule has 0 amide bonds. The standard InChI is InChI=1S/C14H24N4/c1-10(11-6-7-11)18-14(12-4-2-3-5-12)13(8-9-15)16-17-18/h10-12H,2-9,15H2,1H3. The summed E-state index contributed by atoms with van der Waals surface area (Å²) >= 11 is 0. The van der Waals surface area contributed by atoms with Gasteiger partial charge in [-0.1, -0.05) is 18.1 Å². The minimum Gasteiger partial charge on any atom is -0.330 e. The zero-order chi connectivity index (χ0) is 12.5. The van der Waals surface area contributed by atoms with Crippen molar-refractivity contribution >= 4 is 0 Å². The van der Waals surface area contributed by atoms with E-state index in [1.807, 2.05) is 0 Å². The highest BCUT2D eigenvalue weighted by Gasteiger charge is 2.34.